The van der Waals surface area contributed by atoms with Crippen molar-refractivity contribution in [3.8, 4) is 0 Å². The van der Waals surface area contributed by atoms with E-state index in [0.29, 0.717) is 19.3 Å². The number of hydrogen-bond donors (Lipinski definition) is 4. The summed E-state index contributed by atoms with van der Waals surface area (Å²) in [7, 11) is 0. The molecular weight excluding hydrogens is 681 g/mol. The lowest BCUT2D eigenvalue weighted by molar-refractivity contribution is -0.150. The van der Waals surface area contributed by atoms with Gasteiger partial charge in [-0.15, -0.1) is 0 Å². The molecule has 0 aliphatic rings. The Bertz CT molecular complexity index is 1010. The monoisotopic (exact) mass is 761 g/mol. The van der Waals surface area contributed by atoms with E-state index in [2.05, 4.69) is 60.9 Å². The first kappa shape index (κ1) is 51.1. The third-order valence-corrected chi connectivity index (χ3v) is 9.65. The number of unbranched alkanes of at least 4 members (excludes halogenated alkanes) is 19. The molecule has 0 saturated carbocycles. The molecule has 0 aromatic heterocycles. The molecule has 2 amide bonds. The van der Waals surface area contributed by atoms with Gasteiger partial charge in [-0.05, 0) is 70.6 Å². The topological polar surface area (TPSA) is 142 Å². The highest BCUT2D eigenvalue weighted by molar-refractivity contribution is 5.87. The van der Waals surface area contributed by atoms with E-state index < -0.39 is 24.5 Å². The number of hydrogen-bond acceptors (Lipinski definition) is 6. The lowest BCUT2D eigenvalue weighted by Gasteiger charge is -2.18. The van der Waals surface area contributed by atoms with Crippen LogP contribution < -0.4 is 10.6 Å². The van der Waals surface area contributed by atoms with Gasteiger partial charge in [0.2, 0.25) is 11.8 Å². The zero-order valence-electron chi connectivity index (χ0n) is 34.5. The Kier molecular flexibility index (Phi) is 37.6. The highest BCUT2D eigenvalue weighted by Gasteiger charge is 2.19. The summed E-state index contributed by atoms with van der Waals surface area (Å²) in [5, 5.41) is 22.5. The fraction of sp³-hybridized carbons (Fsp3) is 0.778. The van der Waals surface area contributed by atoms with Crippen LogP contribution in [-0.4, -0.2) is 59.3 Å². The van der Waals surface area contributed by atoms with Gasteiger partial charge in [-0.1, -0.05) is 153 Å². The molecule has 0 rings (SSSR count). The van der Waals surface area contributed by atoms with Gasteiger partial charge in [0.1, 0.15) is 12.1 Å². The van der Waals surface area contributed by atoms with Gasteiger partial charge in [0.05, 0.1) is 13.2 Å². The largest absolute Gasteiger partial charge is 0.480 e. The lowest BCUT2D eigenvalue weighted by atomic mass is 10.0. The van der Waals surface area contributed by atoms with Gasteiger partial charge in [0, 0.05) is 12.8 Å². The van der Waals surface area contributed by atoms with Gasteiger partial charge in [0.25, 0.3) is 0 Å². The van der Waals surface area contributed by atoms with Gasteiger partial charge in [-0.3, -0.25) is 14.4 Å². The average Bonchev–Trinajstić information content (AvgIpc) is 3.15. The fourth-order valence-electron chi connectivity index (χ4n) is 6.32. The van der Waals surface area contributed by atoms with Crippen LogP contribution >= 0.6 is 0 Å². The molecule has 2 unspecified atom stereocenters. The molecule has 54 heavy (non-hydrogen) atoms. The van der Waals surface area contributed by atoms with Gasteiger partial charge < -0.3 is 25.6 Å². The molecule has 0 aromatic carbocycles. The van der Waals surface area contributed by atoms with Crippen LogP contribution in [0.3, 0.4) is 0 Å². The zero-order valence-corrected chi connectivity index (χ0v) is 34.5. The zero-order chi connectivity index (χ0) is 39.7. The molecule has 312 valence electrons. The Labute approximate surface area is 329 Å². The van der Waals surface area contributed by atoms with Crippen LogP contribution in [-0.2, 0) is 23.9 Å². The number of aliphatic carboxylic acids is 1. The molecule has 0 heterocycles. The molecule has 0 bridgehead atoms. The van der Waals surface area contributed by atoms with Gasteiger partial charge >= 0.3 is 11.9 Å². The Morgan fingerprint density at radius 3 is 1.59 bits per heavy atom. The minimum absolute atomic E-state index is 0.0152. The summed E-state index contributed by atoms with van der Waals surface area (Å²) in [4.78, 5) is 47.5. The third-order valence-electron chi connectivity index (χ3n) is 9.65. The van der Waals surface area contributed by atoms with E-state index in [-0.39, 0.29) is 24.5 Å². The number of carboxylic acids is 1. The summed E-state index contributed by atoms with van der Waals surface area (Å²) < 4.78 is 6.02. The van der Waals surface area contributed by atoms with E-state index in [9.17, 15) is 19.2 Å². The molecular formula is C45H80N2O7. The summed E-state index contributed by atoms with van der Waals surface area (Å²) in [5.41, 5.74) is 0. The number of ether oxygens (including phenoxy) is 1. The predicted octanol–water partition coefficient (Wildman–Crippen LogP) is 10.6. The SMILES string of the molecule is CC/C=C\C/C=C\C/C=C\CCCCCCCCCC(=O)OC(CCCCCCCCCCC)CCCCCCCC(=O)NCC(=O)NC(CO)C(=O)O. The quantitative estimate of drug-likeness (QED) is 0.0277. The van der Waals surface area contributed by atoms with E-state index >= 15 is 0 Å². The van der Waals surface area contributed by atoms with Crippen LogP contribution in [0.1, 0.15) is 200 Å². The number of aliphatic hydroxyl groups is 1. The second kappa shape index (κ2) is 39.7. The van der Waals surface area contributed by atoms with Crippen LogP contribution in [0.25, 0.3) is 0 Å². The number of aliphatic hydroxyl groups excluding tert-OH is 1. The van der Waals surface area contributed by atoms with Crippen molar-refractivity contribution in [2.45, 2.75) is 212 Å². The molecule has 0 radical (unpaired) electrons. The van der Waals surface area contributed by atoms with Crippen LogP contribution in [0.4, 0.5) is 0 Å². The summed E-state index contributed by atoms with van der Waals surface area (Å²) in [6.07, 6.45) is 44.6. The summed E-state index contributed by atoms with van der Waals surface area (Å²) in [6.45, 7) is 3.37. The van der Waals surface area contributed by atoms with Crippen LogP contribution in [0.15, 0.2) is 36.5 Å². The van der Waals surface area contributed by atoms with Crippen molar-refractivity contribution in [3.63, 3.8) is 0 Å². The number of carboxylic acid groups (broad SMARTS) is 1. The van der Waals surface area contributed by atoms with Crippen molar-refractivity contribution >= 4 is 23.8 Å². The van der Waals surface area contributed by atoms with Gasteiger partial charge in [-0.25, -0.2) is 4.79 Å². The normalized spacial score (nSPS) is 12.8. The maximum atomic E-state index is 12.8. The minimum atomic E-state index is -1.38. The van der Waals surface area contributed by atoms with Gasteiger partial charge in [-0.2, -0.15) is 0 Å². The Morgan fingerprint density at radius 1 is 0.574 bits per heavy atom. The number of esters is 1. The van der Waals surface area contributed by atoms with Crippen LogP contribution in [0, 0.1) is 0 Å². The van der Waals surface area contributed by atoms with Crippen molar-refractivity contribution in [3.05, 3.63) is 36.5 Å². The number of nitrogens with one attached hydrogen (secondary N) is 2. The molecule has 9 heteroatoms. The second-order valence-electron chi connectivity index (χ2n) is 14.8. The maximum Gasteiger partial charge on any atom is 0.328 e. The number of rotatable bonds is 39. The van der Waals surface area contributed by atoms with E-state index in [0.717, 1.165) is 83.5 Å². The van der Waals surface area contributed by atoms with E-state index in [4.69, 9.17) is 14.9 Å². The Morgan fingerprint density at radius 2 is 1.06 bits per heavy atom. The predicted molar refractivity (Wildman–Crippen MR) is 222 cm³/mol. The van der Waals surface area contributed by atoms with Gasteiger partial charge in [0.15, 0.2) is 0 Å². The molecule has 2 atom stereocenters. The summed E-state index contributed by atoms with van der Waals surface area (Å²) in [6, 6.07) is -1.38. The van der Waals surface area contributed by atoms with Crippen molar-refractivity contribution in [1.29, 1.82) is 0 Å². The number of carbonyl (C=O) groups excluding carboxylic acids is 3. The molecule has 0 aliphatic carbocycles. The first-order chi connectivity index (χ1) is 26.3. The van der Waals surface area contributed by atoms with Crippen molar-refractivity contribution in [1.82, 2.24) is 10.6 Å². The fourth-order valence-corrected chi connectivity index (χ4v) is 6.32. The molecule has 0 saturated heterocycles. The smallest absolute Gasteiger partial charge is 0.328 e. The molecule has 4 N–H and O–H groups in total. The molecule has 0 aromatic rings. The molecule has 0 aliphatic heterocycles. The third kappa shape index (κ3) is 36.1. The van der Waals surface area contributed by atoms with Crippen molar-refractivity contribution < 1.29 is 34.1 Å². The van der Waals surface area contributed by atoms with E-state index in [1.807, 2.05) is 0 Å². The minimum Gasteiger partial charge on any atom is -0.480 e. The summed E-state index contributed by atoms with van der Waals surface area (Å²) >= 11 is 0. The average molecular weight is 761 g/mol. The molecule has 0 spiro atoms. The van der Waals surface area contributed by atoms with E-state index in [1.54, 1.807) is 0 Å². The lowest BCUT2D eigenvalue weighted by Crippen LogP contribution is -2.47. The maximum absolute atomic E-state index is 12.8. The first-order valence-electron chi connectivity index (χ1n) is 21.9. The molecule has 9 nitrogen and oxygen atoms in total. The Hall–Kier alpha value is -2.94. The highest BCUT2D eigenvalue weighted by Crippen LogP contribution is 2.19. The van der Waals surface area contributed by atoms with Crippen LogP contribution in [0.5, 0.6) is 0 Å². The summed E-state index contributed by atoms with van der Waals surface area (Å²) in [5.74, 6) is -2.30. The standard InChI is InChI=1S/C45H80N2O7/c1-3-5-7-9-11-13-14-15-16-17-18-19-20-22-24-29-33-37-44(51)54-40(34-30-26-23-21-12-10-8-6-4-2)35-31-27-25-28-32-36-42(49)46-38-43(50)47-41(39-48)45(52)53/h5,7,11,13,15-16,40-41,48H,3-4,6,8-10,12,14,17-39H2,1-2H3,(H,46,49)(H,47,50)(H,52,53)/b7-5-,13-11-,16-15-. The number of carbonyl (C=O) groups is 4. The number of allylic oxidation sites excluding steroid dienone is 6. The first-order valence-corrected chi connectivity index (χ1v) is 21.9. The van der Waals surface area contributed by atoms with Crippen molar-refractivity contribution in [2.24, 2.45) is 0 Å². The highest BCUT2D eigenvalue weighted by atomic mass is 16.5. The van der Waals surface area contributed by atoms with Crippen molar-refractivity contribution in [2.75, 3.05) is 13.2 Å². The Balaban J connectivity index is 4.24. The van der Waals surface area contributed by atoms with Crippen LogP contribution in [0.2, 0.25) is 0 Å². The van der Waals surface area contributed by atoms with E-state index in [1.165, 1.54) is 83.5 Å². The number of amides is 2. The second-order valence-corrected chi connectivity index (χ2v) is 14.8. The molecule has 0 fully saturated rings.